The number of alkyl halides is 2. The van der Waals surface area contributed by atoms with Crippen LogP contribution in [0.4, 0.5) is 13.2 Å². The molecule has 38 heavy (non-hydrogen) atoms. The highest BCUT2D eigenvalue weighted by atomic mass is 35.5. The number of hydrogen-bond acceptors (Lipinski definition) is 8. The molecule has 2 saturated heterocycles. The lowest BCUT2D eigenvalue weighted by molar-refractivity contribution is -0.0239. The van der Waals surface area contributed by atoms with Crippen molar-refractivity contribution in [1.82, 2.24) is 24.6 Å². The number of aromatic nitrogens is 3. The highest BCUT2D eigenvalue weighted by Gasteiger charge is 2.47. The van der Waals surface area contributed by atoms with Crippen molar-refractivity contribution in [3.8, 4) is 0 Å². The maximum absolute atomic E-state index is 14.0. The van der Waals surface area contributed by atoms with Gasteiger partial charge in [-0.3, -0.25) is 9.89 Å². The van der Waals surface area contributed by atoms with Gasteiger partial charge in [0.25, 0.3) is 0 Å². The first-order chi connectivity index (χ1) is 18.3. The first-order valence-electron chi connectivity index (χ1n) is 12.1. The second-order valence-electron chi connectivity index (χ2n) is 9.55. The molecule has 0 radical (unpaired) electrons. The van der Waals surface area contributed by atoms with Crippen LogP contribution in [-0.2, 0) is 4.74 Å². The summed E-state index contributed by atoms with van der Waals surface area (Å²) in [6.07, 6.45) is 3.11. The van der Waals surface area contributed by atoms with E-state index in [-0.39, 0.29) is 23.7 Å². The molecule has 2 fully saturated rings. The van der Waals surface area contributed by atoms with E-state index in [9.17, 15) is 18.3 Å². The topological polar surface area (TPSA) is 79.0 Å². The molecule has 200 valence electrons. The molecule has 0 amide bonds. The van der Waals surface area contributed by atoms with Crippen molar-refractivity contribution in [2.75, 3.05) is 39.4 Å². The fourth-order valence-corrected chi connectivity index (χ4v) is 6.23. The number of benzene rings is 1. The lowest BCUT2D eigenvalue weighted by atomic mass is 9.91. The molecule has 2 aromatic heterocycles. The largest absolute Gasteiger partial charge is 0.386 e. The molecule has 3 aromatic rings. The van der Waals surface area contributed by atoms with Crippen molar-refractivity contribution in [1.29, 1.82) is 0 Å². The van der Waals surface area contributed by atoms with Crippen molar-refractivity contribution >= 4 is 34.3 Å². The SMILES string of the molecule is O[C@]1(CN2CCOCC2)CC2=C(c3ccn(C(F)F)n3)[C@H](c3ccc(F)cc3Cl)N=C(c3nccs3)N2C1. The number of aliphatic imine (C=N–C) groups is 1. The molecule has 2 atom stereocenters. The second kappa shape index (κ2) is 10.1. The fourth-order valence-electron chi connectivity index (χ4n) is 5.32. The zero-order valence-corrected chi connectivity index (χ0v) is 21.7. The summed E-state index contributed by atoms with van der Waals surface area (Å²) in [5.41, 5.74) is 0.873. The van der Waals surface area contributed by atoms with Crippen LogP contribution >= 0.6 is 22.9 Å². The van der Waals surface area contributed by atoms with Gasteiger partial charge in [0.15, 0.2) is 10.8 Å². The van der Waals surface area contributed by atoms with Crippen LogP contribution in [0.2, 0.25) is 5.02 Å². The number of morpholine rings is 1. The molecule has 0 aliphatic carbocycles. The molecular formula is C25H24ClF3N6O2S. The Morgan fingerprint density at radius 2 is 2.05 bits per heavy atom. The van der Waals surface area contributed by atoms with Gasteiger partial charge in [-0.05, 0) is 18.2 Å². The molecule has 6 rings (SSSR count). The van der Waals surface area contributed by atoms with Gasteiger partial charge in [0.1, 0.15) is 17.5 Å². The first-order valence-corrected chi connectivity index (χ1v) is 13.4. The zero-order valence-electron chi connectivity index (χ0n) is 20.1. The molecule has 0 unspecified atom stereocenters. The average Bonchev–Trinajstić information content (AvgIpc) is 3.64. The highest BCUT2D eigenvalue weighted by molar-refractivity contribution is 7.11. The van der Waals surface area contributed by atoms with E-state index in [0.717, 1.165) is 0 Å². The number of ether oxygens (including phenoxy) is 1. The van der Waals surface area contributed by atoms with Gasteiger partial charge < -0.3 is 14.7 Å². The van der Waals surface area contributed by atoms with E-state index in [1.165, 1.54) is 35.7 Å². The first kappa shape index (κ1) is 25.5. The zero-order chi connectivity index (χ0) is 26.4. The molecule has 8 nitrogen and oxygen atoms in total. The molecule has 3 aliphatic heterocycles. The van der Waals surface area contributed by atoms with Gasteiger partial charge in [-0.25, -0.2) is 14.1 Å². The third-order valence-electron chi connectivity index (χ3n) is 6.95. The van der Waals surface area contributed by atoms with E-state index in [1.807, 2.05) is 10.3 Å². The van der Waals surface area contributed by atoms with Gasteiger partial charge in [0, 0.05) is 65.7 Å². The molecule has 0 saturated carbocycles. The van der Waals surface area contributed by atoms with Crippen LogP contribution in [0.1, 0.15) is 35.3 Å². The lowest BCUT2D eigenvalue weighted by Crippen LogP contribution is -2.49. The van der Waals surface area contributed by atoms with Crippen molar-refractivity contribution in [3.05, 3.63) is 74.8 Å². The summed E-state index contributed by atoms with van der Waals surface area (Å²) in [5.74, 6) is 0.0348. The predicted molar refractivity (Wildman–Crippen MR) is 137 cm³/mol. The number of nitrogens with zero attached hydrogens (tertiary/aromatic N) is 6. The Labute approximate surface area is 225 Å². The molecule has 1 aromatic carbocycles. The number of thiazole rings is 1. The summed E-state index contributed by atoms with van der Waals surface area (Å²) in [6, 6.07) is 4.75. The Morgan fingerprint density at radius 3 is 2.74 bits per heavy atom. The van der Waals surface area contributed by atoms with E-state index >= 15 is 0 Å². The minimum atomic E-state index is -2.82. The second-order valence-corrected chi connectivity index (χ2v) is 10.9. The average molecular weight is 565 g/mol. The number of rotatable bonds is 6. The van der Waals surface area contributed by atoms with Crippen molar-refractivity contribution in [2.24, 2.45) is 4.99 Å². The monoisotopic (exact) mass is 564 g/mol. The van der Waals surface area contributed by atoms with Gasteiger partial charge in [0.2, 0.25) is 0 Å². The van der Waals surface area contributed by atoms with E-state index in [4.69, 9.17) is 21.3 Å². The molecule has 1 N–H and O–H groups in total. The Hall–Kier alpha value is -2.77. The number of fused-ring (bicyclic) bond motifs is 1. The van der Waals surface area contributed by atoms with Gasteiger partial charge in [-0.1, -0.05) is 17.7 Å². The number of β-amino-alcohol motifs (C(OH)–C–C–N with tert-alkyl or cyclic N) is 1. The van der Waals surface area contributed by atoms with Crippen LogP contribution in [0, 0.1) is 5.82 Å². The minimum absolute atomic E-state index is 0.152. The van der Waals surface area contributed by atoms with Crippen LogP contribution in [0.5, 0.6) is 0 Å². The molecule has 0 bridgehead atoms. The minimum Gasteiger partial charge on any atom is -0.386 e. The lowest BCUT2D eigenvalue weighted by Gasteiger charge is -2.34. The Kier molecular flexibility index (Phi) is 6.77. The molecule has 0 spiro atoms. The summed E-state index contributed by atoms with van der Waals surface area (Å²) in [5, 5.41) is 18.6. The third kappa shape index (κ3) is 4.75. The molecular weight excluding hydrogens is 541 g/mol. The van der Waals surface area contributed by atoms with Gasteiger partial charge in [-0.2, -0.15) is 13.9 Å². The van der Waals surface area contributed by atoms with Crippen LogP contribution in [0.15, 0.2) is 52.7 Å². The molecule has 13 heteroatoms. The molecule has 5 heterocycles. The smallest absolute Gasteiger partial charge is 0.333 e. The third-order valence-corrected chi connectivity index (χ3v) is 8.05. The van der Waals surface area contributed by atoms with Gasteiger partial charge in [0.05, 0.1) is 25.5 Å². The number of aliphatic hydroxyl groups is 1. The highest BCUT2D eigenvalue weighted by Crippen LogP contribution is 2.48. The molecule has 3 aliphatic rings. The Balaban J connectivity index is 1.51. The summed E-state index contributed by atoms with van der Waals surface area (Å²) in [4.78, 5) is 13.5. The number of halogens is 4. The van der Waals surface area contributed by atoms with E-state index in [2.05, 4.69) is 15.0 Å². The predicted octanol–water partition coefficient (Wildman–Crippen LogP) is 4.21. The standard InChI is InChI=1S/C25H24ClF3N6O2S/c26-17-11-15(27)1-2-16(17)21-20(18-3-5-35(32-18)24(28)29)19-12-25(36,13-33-6-8-37-9-7-33)14-34(19)22(31-21)23-30-4-10-38-23/h1-5,10-11,21,24,36H,6-9,12-14H2/t21-,25-/m0/s1. The normalized spacial score (nSPS) is 24.3. The Morgan fingerprint density at radius 1 is 1.24 bits per heavy atom. The van der Waals surface area contributed by atoms with Crippen LogP contribution < -0.4 is 0 Å². The van der Waals surface area contributed by atoms with Gasteiger partial charge in [-0.15, -0.1) is 11.3 Å². The van der Waals surface area contributed by atoms with Crippen molar-refractivity contribution in [3.63, 3.8) is 0 Å². The summed E-state index contributed by atoms with van der Waals surface area (Å²) < 4.78 is 47.0. The van der Waals surface area contributed by atoms with Crippen molar-refractivity contribution < 1.29 is 23.0 Å². The van der Waals surface area contributed by atoms with E-state index in [0.29, 0.717) is 65.2 Å². The van der Waals surface area contributed by atoms with E-state index in [1.54, 1.807) is 12.3 Å². The fraction of sp³-hybridized carbons (Fsp3) is 0.400. The summed E-state index contributed by atoms with van der Waals surface area (Å²) in [7, 11) is 0. The summed E-state index contributed by atoms with van der Waals surface area (Å²) in [6.45, 7) is 0.412. The van der Waals surface area contributed by atoms with Gasteiger partial charge >= 0.3 is 6.55 Å². The quantitative estimate of drug-likeness (QED) is 0.483. The maximum atomic E-state index is 14.0. The summed E-state index contributed by atoms with van der Waals surface area (Å²) >= 11 is 7.90. The van der Waals surface area contributed by atoms with Crippen LogP contribution in [-0.4, -0.2) is 80.5 Å². The van der Waals surface area contributed by atoms with E-state index < -0.39 is 24.0 Å². The number of hydrogen-bond donors (Lipinski definition) is 1. The van der Waals surface area contributed by atoms with Crippen molar-refractivity contribution in [2.45, 2.75) is 24.6 Å². The van der Waals surface area contributed by atoms with Crippen LogP contribution in [0.25, 0.3) is 5.57 Å². The van der Waals surface area contributed by atoms with Crippen LogP contribution in [0.3, 0.4) is 0 Å². The Bertz CT molecular complexity index is 1390. The maximum Gasteiger partial charge on any atom is 0.333 e. The number of amidine groups is 1.